The number of thiazole rings is 1. The number of nitrogens with zero attached hydrogens (tertiary/aromatic N) is 2. The Kier molecular flexibility index (Phi) is 4.25. The third-order valence-corrected chi connectivity index (χ3v) is 4.83. The van der Waals surface area contributed by atoms with Crippen molar-refractivity contribution < 1.29 is 10.2 Å². The first kappa shape index (κ1) is 13.1. The van der Waals surface area contributed by atoms with Gasteiger partial charge in [-0.2, -0.15) is 0 Å². The highest BCUT2D eigenvalue weighted by Gasteiger charge is 2.28. The van der Waals surface area contributed by atoms with Crippen LogP contribution in [0.3, 0.4) is 0 Å². The number of halogens is 1. The lowest BCUT2D eigenvalue weighted by molar-refractivity contribution is 0.106. The van der Waals surface area contributed by atoms with Crippen LogP contribution in [0.4, 0.5) is 5.13 Å². The van der Waals surface area contributed by atoms with E-state index in [1.54, 1.807) is 0 Å². The molecule has 0 radical (unpaired) electrons. The second-order valence-corrected chi connectivity index (χ2v) is 5.82. The highest BCUT2D eigenvalue weighted by atomic mass is 35.5. The van der Waals surface area contributed by atoms with Crippen LogP contribution in [0.1, 0.15) is 30.6 Å². The number of anilines is 1. The molecular formula is C11H17ClN2O2S. The van der Waals surface area contributed by atoms with Crippen LogP contribution in [-0.2, 0) is 6.61 Å². The van der Waals surface area contributed by atoms with E-state index >= 15 is 0 Å². The van der Waals surface area contributed by atoms with Gasteiger partial charge in [-0.05, 0) is 12.8 Å². The van der Waals surface area contributed by atoms with E-state index in [1.807, 2.05) is 11.9 Å². The Morgan fingerprint density at radius 1 is 1.47 bits per heavy atom. The number of aromatic nitrogens is 1. The molecule has 0 amide bonds. The Hall–Kier alpha value is -0.360. The summed E-state index contributed by atoms with van der Waals surface area (Å²) in [6.45, 7) is -0.0858. The van der Waals surface area contributed by atoms with Gasteiger partial charge in [-0.25, -0.2) is 4.98 Å². The molecule has 0 spiro atoms. The number of hydrogen-bond donors (Lipinski definition) is 2. The Balaban J connectivity index is 2.14. The van der Waals surface area contributed by atoms with Gasteiger partial charge in [0.25, 0.3) is 0 Å². The van der Waals surface area contributed by atoms with Crippen LogP contribution in [0.25, 0.3) is 0 Å². The summed E-state index contributed by atoms with van der Waals surface area (Å²) in [6, 6.07) is 0.109. The van der Waals surface area contributed by atoms with Gasteiger partial charge in [0.2, 0.25) is 0 Å². The minimum atomic E-state index is -0.297. The van der Waals surface area contributed by atoms with Crippen molar-refractivity contribution in [1.82, 2.24) is 4.98 Å². The van der Waals surface area contributed by atoms with Gasteiger partial charge in [0.1, 0.15) is 5.15 Å². The highest BCUT2D eigenvalue weighted by Crippen LogP contribution is 2.33. The van der Waals surface area contributed by atoms with E-state index in [0.29, 0.717) is 10.0 Å². The van der Waals surface area contributed by atoms with Gasteiger partial charge in [-0.1, -0.05) is 35.8 Å². The Morgan fingerprint density at radius 3 is 2.76 bits per heavy atom. The zero-order valence-electron chi connectivity index (χ0n) is 9.77. The van der Waals surface area contributed by atoms with Crippen molar-refractivity contribution >= 4 is 28.1 Å². The number of aliphatic hydroxyl groups is 2. The molecule has 17 heavy (non-hydrogen) atoms. The minimum Gasteiger partial charge on any atom is -0.391 e. The van der Waals surface area contributed by atoms with Crippen LogP contribution in [0.15, 0.2) is 0 Å². The van der Waals surface area contributed by atoms with Crippen LogP contribution in [-0.4, -0.2) is 34.4 Å². The molecule has 2 unspecified atom stereocenters. The van der Waals surface area contributed by atoms with Crippen molar-refractivity contribution in [3.8, 4) is 0 Å². The molecule has 0 aromatic carbocycles. The van der Waals surface area contributed by atoms with Crippen molar-refractivity contribution in [3.63, 3.8) is 0 Å². The maximum atomic E-state index is 9.99. The SMILES string of the molecule is CN(c1nc(Cl)c(CO)s1)C1CCCCC1O. The minimum absolute atomic E-state index is 0.0858. The molecule has 0 saturated heterocycles. The summed E-state index contributed by atoms with van der Waals surface area (Å²) >= 11 is 7.30. The second-order valence-electron chi connectivity index (χ2n) is 4.40. The number of rotatable bonds is 3. The maximum Gasteiger partial charge on any atom is 0.187 e. The zero-order valence-corrected chi connectivity index (χ0v) is 11.3. The molecule has 2 rings (SSSR count). The second kappa shape index (κ2) is 5.52. The van der Waals surface area contributed by atoms with Gasteiger partial charge in [0, 0.05) is 7.05 Å². The molecule has 1 aromatic rings. The van der Waals surface area contributed by atoms with Crippen LogP contribution in [0.5, 0.6) is 0 Å². The molecule has 1 heterocycles. The van der Waals surface area contributed by atoms with Gasteiger partial charge in [-0.3, -0.25) is 0 Å². The lowest BCUT2D eigenvalue weighted by atomic mass is 9.92. The largest absolute Gasteiger partial charge is 0.391 e. The van der Waals surface area contributed by atoms with Gasteiger partial charge in [0.05, 0.1) is 23.6 Å². The Morgan fingerprint density at radius 2 is 2.18 bits per heavy atom. The fourth-order valence-electron chi connectivity index (χ4n) is 2.26. The lowest BCUT2D eigenvalue weighted by Gasteiger charge is -2.34. The first-order valence-corrected chi connectivity index (χ1v) is 7.00. The predicted molar refractivity (Wildman–Crippen MR) is 69.7 cm³/mol. The van der Waals surface area contributed by atoms with Gasteiger partial charge in [-0.15, -0.1) is 0 Å². The van der Waals surface area contributed by atoms with Gasteiger partial charge >= 0.3 is 0 Å². The van der Waals surface area contributed by atoms with Crippen LogP contribution >= 0.6 is 22.9 Å². The summed E-state index contributed by atoms with van der Waals surface area (Å²) in [5.41, 5.74) is 0. The average molecular weight is 277 g/mol. The van der Waals surface area contributed by atoms with E-state index in [9.17, 15) is 5.11 Å². The fraction of sp³-hybridized carbons (Fsp3) is 0.727. The monoisotopic (exact) mass is 276 g/mol. The summed E-state index contributed by atoms with van der Waals surface area (Å²) in [5, 5.41) is 20.2. The molecular weight excluding hydrogens is 260 g/mol. The molecule has 2 atom stereocenters. The number of hydrogen-bond acceptors (Lipinski definition) is 5. The normalized spacial score (nSPS) is 24.9. The van der Waals surface area contributed by atoms with Crippen LogP contribution in [0.2, 0.25) is 5.15 Å². The van der Waals surface area contributed by atoms with E-state index in [0.717, 1.165) is 30.8 Å². The van der Waals surface area contributed by atoms with Crippen molar-refractivity contribution in [2.45, 2.75) is 44.4 Å². The molecule has 0 bridgehead atoms. The van der Waals surface area contributed by atoms with E-state index in [1.165, 1.54) is 11.3 Å². The molecule has 1 saturated carbocycles. The van der Waals surface area contributed by atoms with Crippen LogP contribution in [0, 0.1) is 0 Å². The van der Waals surface area contributed by atoms with Gasteiger partial charge < -0.3 is 15.1 Å². The summed E-state index contributed by atoms with van der Waals surface area (Å²) in [5.74, 6) is 0. The fourth-order valence-corrected chi connectivity index (χ4v) is 3.39. The van der Waals surface area contributed by atoms with E-state index in [4.69, 9.17) is 16.7 Å². The molecule has 1 aliphatic carbocycles. The molecule has 6 heteroatoms. The summed E-state index contributed by atoms with van der Waals surface area (Å²) in [4.78, 5) is 6.89. The predicted octanol–water partition coefficient (Wildman–Crippen LogP) is 2.03. The van der Waals surface area contributed by atoms with Gasteiger partial charge in [0.15, 0.2) is 5.13 Å². The summed E-state index contributed by atoms with van der Waals surface area (Å²) in [7, 11) is 1.93. The van der Waals surface area contributed by atoms with Crippen molar-refractivity contribution in [3.05, 3.63) is 10.0 Å². The Labute approximate surface area is 110 Å². The first-order valence-electron chi connectivity index (χ1n) is 5.80. The first-order chi connectivity index (χ1) is 8.13. The molecule has 2 N–H and O–H groups in total. The van der Waals surface area contributed by atoms with E-state index in [-0.39, 0.29) is 18.8 Å². The topological polar surface area (TPSA) is 56.6 Å². The maximum absolute atomic E-state index is 9.99. The smallest absolute Gasteiger partial charge is 0.187 e. The van der Waals surface area contributed by atoms with Crippen molar-refractivity contribution in [2.75, 3.05) is 11.9 Å². The molecule has 4 nitrogen and oxygen atoms in total. The highest BCUT2D eigenvalue weighted by molar-refractivity contribution is 7.16. The summed E-state index contributed by atoms with van der Waals surface area (Å²) in [6.07, 6.45) is 3.75. The number of likely N-dealkylation sites (N-methyl/N-ethyl adjacent to an activating group) is 1. The standard InChI is InChI=1S/C11H17ClN2O2S/c1-14(7-4-2-3-5-8(7)16)11-13-10(12)9(6-15)17-11/h7-8,15-16H,2-6H2,1H3. The Bertz CT molecular complexity index is 386. The van der Waals surface area contributed by atoms with Crippen molar-refractivity contribution in [2.24, 2.45) is 0 Å². The quantitative estimate of drug-likeness (QED) is 0.887. The van der Waals surface area contributed by atoms with Crippen LogP contribution < -0.4 is 4.90 Å². The average Bonchev–Trinajstić information content (AvgIpc) is 2.70. The number of aliphatic hydroxyl groups excluding tert-OH is 2. The third-order valence-electron chi connectivity index (χ3n) is 3.28. The molecule has 0 aliphatic heterocycles. The molecule has 1 fully saturated rings. The van der Waals surface area contributed by atoms with Crippen molar-refractivity contribution in [1.29, 1.82) is 0 Å². The van der Waals surface area contributed by atoms with E-state index in [2.05, 4.69) is 4.98 Å². The molecule has 96 valence electrons. The lowest BCUT2D eigenvalue weighted by Crippen LogP contribution is -2.43. The van der Waals surface area contributed by atoms with E-state index < -0.39 is 0 Å². The molecule has 1 aromatic heterocycles. The third kappa shape index (κ3) is 2.73. The molecule has 1 aliphatic rings. The summed E-state index contributed by atoms with van der Waals surface area (Å²) < 4.78 is 0. The zero-order chi connectivity index (χ0) is 12.4.